The summed E-state index contributed by atoms with van der Waals surface area (Å²) >= 11 is 0. The molecule has 6 heteroatoms. The van der Waals surface area contributed by atoms with Crippen LogP contribution in [0.15, 0.2) is 18.3 Å². The molecule has 1 rings (SSSR count). The van der Waals surface area contributed by atoms with Crippen LogP contribution in [0.5, 0.6) is 0 Å². The van der Waals surface area contributed by atoms with Crippen LogP contribution in [0.2, 0.25) is 0 Å². The summed E-state index contributed by atoms with van der Waals surface area (Å²) in [6.07, 6.45) is 3.06. The number of pyridine rings is 1. The minimum atomic E-state index is -3.25. The van der Waals surface area contributed by atoms with Crippen molar-refractivity contribution in [3.8, 4) is 0 Å². The summed E-state index contributed by atoms with van der Waals surface area (Å²) in [5, 5.41) is 3.18. The van der Waals surface area contributed by atoms with E-state index in [1.165, 1.54) is 6.20 Å². The van der Waals surface area contributed by atoms with Gasteiger partial charge in [-0.15, -0.1) is 0 Å². The van der Waals surface area contributed by atoms with Gasteiger partial charge >= 0.3 is 0 Å². The van der Waals surface area contributed by atoms with Gasteiger partial charge in [0.25, 0.3) is 0 Å². The number of aromatic nitrogens is 1. The average Bonchev–Trinajstić information content (AvgIpc) is 2.35. The summed E-state index contributed by atoms with van der Waals surface area (Å²) < 4.78 is 25.9. The van der Waals surface area contributed by atoms with Crippen LogP contribution in [0.1, 0.15) is 33.6 Å². The van der Waals surface area contributed by atoms with Crippen molar-refractivity contribution >= 4 is 21.5 Å². The zero-order valence-corrected chi connectivity index (χ0v) is 12.6. The first-order valence-corrected chi connectivity index (χ1v) is 8.28. The second kappa shape index (κ2) is 7.33. The normalized spacial score (nSPS) is 11.6. The fourth-order valence-electron chi connectivity index (χ4n) is 1.43. The van der Waals surface area contributed by atoms with Crippen LogP contribution in [0.4, 0.5) is 11.5 Å². The van der Waals surface area contributed by atoms with Crippen LogP contribution in [0.3, 0.4) is 0 Å². The Labute approximate surface area is 115 Å². The topological polar surface area (TPSA) is 71.1 Å². The van der Waals surface area contributed by atoms with Crippen molar-refractivity contribution in [2.45, 2.75) is 33.6 Å². The van der Waals surface area contributed by atoms with E-state index in [1.54, 1.807) is 12.1 Å². The van der Waals surface area contributed by atoms with Gasteiger partial charge in [0.15, 0.2) is 0 Å². The van der Waals surface area contributed by atoms with Crippen molar-refractivity contribution in [1.82, 2.24) is 4.98 Å². The highest BCUT2D eigenvalue weighted by Crippen LogP contribution is 2.12. The van der Waals surface area contributed by atoms with E-state index in [0.29, 0.717) is 18.0 Å². The molecule has 0 radical (unpaired) electrons. The van der Waals surface area contributed by atoms with Crippen LogP contribution in [0, 0.1) is 5.92 Å². The number of nitrogens with zero attached hydrogens (tertiary/aromatic N) is 1. The predicted molar refractivity (Wildman–Crippen MR) is 79.9 cm³/mol. The summed E-state index contributed by atoms with van der Waals surface area (Å²) in [5.74, 6) is 1.44. The standard InChI is InChI=1S/C13H23N3O2S/c1-4-5-8-19(17,18)16-12-6-7-13(15-10-12)14-9-11(2)3/h6-7,10-11,16H,4-5,8-9H2,1-3H3,(H,14,15). The first-order chi connectivity index (χ1) is 8.93. The molecule has 0 aliphatic heterocycles. The van der Waals surface area contributed by atoms with Gasteiger partial charge in [-0.05, 0) is 24.5 Å². The molecule has 0 atom stereocenters. The quantitative estimate of drug-likeness (QED) is 0.770. The smallest absolute Gasteiger partial charge is 0.232 e. The maximum atomic E-state index is 11.7. The molecule has 0 unspecified atom stereocenters. The fourth-order valence-corrected chi connectivity index (χ4v) is 2.68. The van der Waals surface area contributed by atoms with Gasteiger partial charge in [0.05, 0.1) is 17.6 Å². The Morgan fingerprint density at radius 3 is 2.58 bits per heavy atom. The van der Waals surface area contributed by atoms with E-state index in [1.807, 2.05) is 6.92 Å². The molecule has 1 aromatic rings. The van der Waals surface area contributed by atoms with Gasteiger partial charge in [-0.25, -0.2) is 13.4 Å². The number of nitrogens with one attached hydrogen (secondary N) is 2. The number of hydrogen-bond acceptors (Lipinski definition) is 4. The van der Waals surface area contributed by atoms with Crippen molar-refractivity contribution in [2.24, 2.45) is 5.92 Å². The minimum Gasteiger partial charge on any atom is -0.370 e. The second-order valence-corrected chi connectivity index (χ2v) is 6.82. The zero-order chi connectivity index (χ0) is 14.3. The molecule has 5 nitrogen and oxygen atoms in total. The summed E-state index contributed by atoms with van der Waals surface area (Å²) in [7, 11) is -3.25. The molecule has 0 saturated heterocycles. The maximum Gasteiger partial charge on any atom is 0.232 e. The molecule has 0 aromatic carbocycles. The van der Waals surface area contributed by atoms with Crippen LogP contribution < -0.4 is 10.0 Å². The van der Waals surface area contributed by atoms with Crippen LogP contribution in [-0.2, 0) is 10.0 Å². The Morgan fingerprint density at radius 2 is 2.05 bits per heavy atom. The van der Waals surface area contributed by atoms with Gasteiger partial charge in [-0.2, -0.15) is 0 Å². The lowest BCUT2D eigenvalue weighted by Crippen LogP contribution is -2.16. The van der Waals surface area contributed by atoms with Gasteiger partial charge in [0.1, 0.15) is 5.82 Å². The highest BCUT2D eigenvalue weighted by molar-refractivity contribution is 7.92. The average molecular weight is 285 g/mol. The van der Waals surface area contributed by atoms with Crippen molar-refractivity contribution in [2.75, 3.05) is 22.3 Å². The van der Waals surface area contributed by atoms with Crippen LogP contribution in [-0.4, -0.2) is 25.7 Å². The van der Waals surface area contributed by atoms with Gasteiger partial charge in [-0.3, -0.25) is 4.72 Å². The van der Waals surface area contributed by atoms with E-state index >= 15 is 0 Å². The van der Waals surface area contributed by atoms with Crippen molar-refractivity contribution in [3.63, 3.8) is 0 Å². The molecule has 0 spiro atoms. The SMILES string of the molecule is CCCCS(=O)(=O)Nc1ccc(NCC(C)C)nc1. The van der Waals surface area contributed by atoms with Gasteiger partial charge in [-0.1, -0.05) is 27.2 Å². The van der Waals surface area contributed by atoms with Crippen molar-refractivity contribution < 1.29 is 8.42 Å². The zero-order valence-electron chi connectivity index (χ0n) is 11.8. The lowest BCUT2D eigenvalue weighted by Gasteiger charge is -2.10. The van der Waals surface area contributed by atoms with E-state index < -0.39 is 10.0 Å². The van der Waals surface area contributed by atoms with Gasteiger partial charge < -0.3 is 5.32 Å². The van der Waals surface area contributed by atoms with Crippen LogP contribution >= 0.6 is 0 Å². The Bertz CT molecular complexity index is 469. The molecule has 0 fully saturated rings. The van der Waals surface area contributed by atoms with Crippen LogP contribution in [0.25, 0.3) is 0 Å². The number of unbranched alkanes of at least 4 members (excludes halogenated alkanes) is 1. The molecular formula is C13H23N3O2S. The van der Waals surface area contributed by atoms with Gasteiger partial charge in [0.2, 0.25) is 10.0 Å². The molecule has 0 aliphatic carbocycles. The monoisotopic (exact) mass is 285 g/mol. The lowest BCUT2D eigenvalue weighted by molar-refractivity contribution is 0.598. The van der Waals surface area contributed by atoms with E-state index in [2.05, 4.69) is 28.9 Å². The summed E-state index contributed by atoms with van der Waals surface area (Å²) in [4.78, 5) is 4.18. The lowest BCUT2D eigenvalue weighted by atomic mass is 10.2. The number of hydrogen-bond donors (Lipinski definition) is 2. The third-order valence-corrected chi connectivity index (χ3v) is 3.87. The summed E-state index contributed by atoms with van der Waals surface area (Å²) in [6, 6.07) is 3.50. The molecule has 1 heterocycles. The maximum absolute atomic E-state index is 11.7. The van der Waals surface area contributed by atoms with E-state index in [-0.39, 0.29) is 5.75 Å². The Kier molecular flexibility index (Phi) is 6.08. The fraction of sp³-hybridized carbons (Fsp3) is 0.615. The molecule has 0 bridgehead atoms. The molecule has 2 N–H and O–H groups in total. The molecule has 0 amide bonds. The minimum absolute atomic E-state index is 0.150. The van der Waals surface area contributed by atoms with E-state index in [4.69, 9.17) is 0 Å². The van der Waals surface area contributed by atoms with Crippen molar-refractivity contribution in [3.05, 3.63) is 18.3 Å². The third-order valence-electron chi connectivity index (χ3n) is 2.49. The Hall–Kier alpha value is -1.30. The van der Waals surface area contributed by atoms with E-state index in [9.17, 15) is 8.42 Å². The third kappa shape index (κ3) is 6.42. The number of anilines is 2. The highest BCUT2D eigenvalue weighted by Gasteiger charge is 2.09. The first kappa shape index (κ1) is 15.8. The molecule has 108 valence electrons. The highest BCUT2D eigenvalue weighted by atomic mass is 32.2. The molecule has 19 heavy (non-hydrogen) atoms. The molecule has 1 aromatic heterocycles. The molecule has 0 aliphatic rings. The van der Waals surface area contributed by atoms with Gasteiger partial charge in [0, 0.05) is 6.54 Å². The Morgan fingerprint density at radius 1 is 1.32 bits per heavy atom. The second-order valence-electron chi connectivity index (χ2n) is 4.98. The molecule has 0 saturated carbocycles. The predicted octanol–water partition coefficient (Wildman–Crippen LogP) is 2.69. The number of sulfonamides is 1. The Balaban J connectivity index is 2.56. The van der Waals surface area contributed by atoms with E-state index in [0.717, 1.165) is 18.8 Å². The van der Waals surface area contributed by atoms with Crippen molar-refractivity contribution in [1.29, 1.82) is 0 Å². The first-order valence-electron chi connectivity index (χ1n) is 6.63. The summed E-state index contributed by atoms with van der Waals surface area (Å²) in [6.45, 7) is 7.04. The molecular weight excluding hydrogens is 262 g/mol. The number of rotatable bonds is 8. The largest absolute Gasteiger partial charge is 0.370 e. The summed E-state index contributed by atoms with van der Waals surface area (Å²) in [5.41, 5.74) is 0.506.